The highest BCUT2D eigenvalue weighted by atomic mass is 79.9. The Kier molecular flexibility index (Phi) is 5.26. The van der Waals surface area contributed by atoms with Crippen LogP contribution in [0.25, 0.3) is 0 Å². The maximum atomic E-state index is 12.1. The molecule has 1 aromatic rings. The second kappa shape index (κ2) is 7.01. The van der Waals surface area contributed by atoms with Crippen molar-refractivity contribution in [3.63, 3.8) is 0 Å². The molecule has 23 heavy (non-hydrogen) atoms. The largest absolute Gasteiger partial charge is 0.497 e. The summed E-state index contributed by atoms with van der Waals surface area (Å²) < 4.78 is 10.6. The van der Waals surface area contributed by atoms with E-state index in [9.17, 15) is 14.9 Å². The molecule has 0 bridgehead atoms. The predicted octanol–water partition coefficient (Wildman–Crippen LogP) is 2.42. The summed E-state index contributed by atoms with van der Waals surface area (Å²) in [6.07, 6.45) is 1.84. The number of rotatable bonds is 6. The molecular weight excluding hydrogens is 364 g/mol. The minimum Gasteiger partial charge on any atom is -0.497 e. The lowest BCUT2D eigenvalue weighted by atomic mass is 9.98. The minimum atomic E-state index is -0.903. The van der Waals surface area contributed by atoms with Crippen molar-refractivity contribution in [3.05, 3.63) is 28.2 Å². The molecule has 1 aromatic carbocycles. The molecule has 0 aliphatic heterocycles. The molecule has 0 saturated heterocycles. The van der Waals surface area contributed by atoms with Crippen molar-refractivity contribution < 1.29 is 19.1 Å². The van der Waals surface area contributed by atoms with Gasteiger partial charge in [-0.3, -0.25) is 4.79 Å². The summed E-state index contributed by atoms with van der Waals surface area (Å²) >= 11 is 3.25. The first-order valence-electron chi connectivity index (χ1n) is 7.12. The number of nitrogens with zero attached hydrogens (tertiary/aromatic N) is 1. The molecule has 1 N–H and O–H groups in total. The molecule has 0 radical (unpaired) electrons. The van der Waals surface area contributed by atoms with E-state index in [4.69, 9.17) is 9.47 Å². The molecule has 1 saturated carbocycles. The standard InChI is InChI=1S/C16H17BrN2O4/c1-16(9-18,10-3-4-10)19-14(20)8-23-15(21)12-7-11(22-2)5-6-13(12)17/h5-7,10H,3-4,8H2,1-2H3,(H,19,20)/t16-/m1/s1. The number of nitrogens with one attached hydrogen (secondary N) is 1. The van der Waals surface area contributed by atoms with E-state index in [1.165, 1.54) is 13.2 Å². The van der Waals surface area contributed by atoms with Crippen LogP contribution in [0.2, 0.25) is 0 Å². The van der Waals surface area contributed by atoms with Crippen molar-refractivity contribution in [3.8, 4) is 11.8 Å². The maximum absolute atomic E-state index is 12.1. The van der Waals surface area contributed by atoms with E-state index in [2.05, 4.69) is 27.3 Å². The van der Waals surface area contributed by atoms with Crippen LogP contribution in [0.3, 0.4) is 0 Å². The fourth-order valence-electron chi connectivity index (χ4n) is 2.20. The number of hydrogen-bond acceptors (Lipinski definition) is 5. The third-order valence-corrected chi connectivity index (χ3v) is 4.44. The van der Waals surface area contributed by atoms with Gasteiger partial charge in [0.15, 0.2) is 6.61 Å². The molecule has 122 valence electrons. The first-order valence-corrected chi connectivity index (χ1v) is 7.92. The van der Waals surface area contributed by atoms with Gasteiger partial charge in [-0.05, 0) is 59.8 Å². The number of carbonyl (C=O) groups excluding carboxylic acids is 2. The number of nitriles is 1. The van der Waals surface area contributed by atoms with Gasteiger partial charge in [-0.2, -0.15) is 5.26 Å². The van der Waals surface area contributed by atoms with Crippen LogP contribution in [-0.4, -0.2) is 31.1 Å². The van der Waals surface area contributed by atoms with Crippen LogP contribution < -0.4 is 10.1 Å². The number of methoxy groups -OCH3 is 1. The Balaban J connectivity index is 1.94. The SMILES string of the molecule is COc1ccc(Br)c(C(=O)OCC(=O)N[C@](C)(C#N)C2CC2)c1. The normalized spacial score (nSPS) is 15.9. The van der Waals surface area contributed by atoms with Gasteiger partial charge < -0.3 is 14.8 Å². The molecule has 2 rings (SSSR count). The fourth-order valence-corrected chi connectivity index (χ4v) is 2.61. The Labute approximate surface area is 142 Å². The van der Waals surface area contributed by atoms with Gasteiger partial charge in [0.05, 0.1) is 18.7 Å². The van der Waals surface area contributed by atoms with E-state index >= 15 is 0 Å². The average Bonchev–Trinajstić information content (AvgIpc) is 3.38. The predicted molar refractivity (Wildman–Crippen MR) is 85.9 cm³/mol. The second-order valence-electron chi connectivity index (χ2n) is 5.56. The fraction of sp³-hybridized carbons (Fsp3) is 0.438. The Bertz CT molecular complexity index is 667. The molecule has 6 nitrogen and oxygen atoms in total. The second-order valence-corrected chi connectivity index (χ2v) is 6.41. The summed E-state index contributed by atoms with van der Waals surface area (Å²) in [5, 5.41) is 11.8. The van der Waals surface area contributed by atoms with E-state index < -0.39 is 24.0 Å². The highest BCUT2D eigenvalue weighted by Gasteiger charge is 2.43. The van der Waals surface area contributed by atoms with Gasteiger partial charge in [0, 0.05) is 4.47 Å². The van der Waals surface area contributed by atoms with Gasteiger partial charge in [-0.15, -0.1) is 0 Å². The van der Waals surface area contributed by atoms with Crippen molar-refractivity contribution in [2.24, 2.45) is 5.92 Å². The van der Waals surface area contributed by atoms with Crippen LogP contribution in [0.5, 0.6) is 5.75 Å². The van der Waals surface area contributed by atoms with Crippen LogP contribution >= 0.6 is 15.9 Å². The zero-order chi connectivity index (χ0) is 17.0. The van der Waals surface area contributed by atoms with Crippen molar-refractivity contribution in [1.29, 1.82) is 5.26 Å². The van der Waals surface area contributed by atoms with E-state index in [1.54, 1.807) is 19.1 Å². The molecule has 7 heteroatoms. The zero-order valence-electron chi connectivity index (χ0n) is 12.9. The molecule has 0 spiro atoms. The maximum Gasteiger partial charge on any atom is 0.339 e. The van der Waals surface area contributed by atoms with Crippen molar-refractivity contribution >= 4 is 27.8 Å². The Morgan fingerprint density at radius 1 is 1.48 bits per heavy atom. The summed E-state index contributed by atoms with van der Waals surface area (Å²) in [5.41, 5.74) is -0.637. The summed E-state index contributed by atoms with van der Waals surface area (Å²) in [7, 11) is 1.49. The number of hydrogen-bond donors (Lipinski definition) is 1. The van der Waals surface area contributed by atoms with Crippen LogP contribution in [0.15, 0.2) is 22.7 Å². The Morgan fingerprint density at radius 2 is 2.17 bits per heavy atom. The topological polar surface area (TPSA) is 88.4 Å². The lowest BCUT2D eigenvalue weighted by Crippen LogP contribution is -2.48. The van der Waals surface area contributed by atoms with Crippen molar-refractivity contribution in [2.75, 3.05) is 13.7 Å². The molecule has 1 fully saturated rings. The zero-order valence-corrected chi connectivity index (χ0v) is 14.5. The van der Waals surface area contributed by atoms with Crippen LogP contribution in [0, 0.1) is 17.2 Å². The van der Waals surface area contributed by atoms with Gasteiger partial charge in [0.1, 0.15) is 11.3 Å². The molecule has 0 heterocycles. The van der Waals surface area contributed by atoms with Crippen LogP contribution in [-0.2, 0) is 9.53 Å². The van der Waals surface area contributed by atoms with Gasteiger partial charge in [0.2, 0.25) is 0 Å². The Morgan fingerprint density at radius 3 is 2.74 bits per heavy atom. The van der Waals surface area contributed by atoms with Crippen molar-refractivity contribution in [1.82, 2.24) is 5.32 Å². The number of esters is 1. The number of benzene rings is 1. The van der Waals surface area contributed by atoms with E-state index in [0.29, 0.717) is 10.2 Å². The number of halogens is 1. The molecule has 1 atom stereocenters. The van der Waals surface area contributed by atoms with Gasteiger partial charge in [-0.1, -0.05) is 0 Å². The molecule has 0 aromatic heterocycles. The first-order chi connectivity index (χ1) is 10.9. The molecule has 1 aliphatic rings. The number of ether oxygens (including phenoxy) is 2. The average molecular weight is 381 g/mol. The third-order valence-electron chi connectivity index (χ3n) is 3.75. The molecule has 1 aliphatic carbocycles. The van der Waals surface area contributed by atoms with Crippen molar-refractivity contribution in [2.45, 2.75) is 25.3 Å². The Hall–Kier alpha value is -2.07. The summed E-state index contributed by atoms with van der Waals surface area (Å²) in [4.78, 5) is 24.0. The molecular formula is C16H17BrN2O4. The van der Waals surface area contributed by atoms with E-state index in [0.717, 1.165) is 12.8 Å². The van der Waals surface area contributed by atoms with Crippen LogP contribution in [0.4, 0.5) is 0 Å². The van der Waals surface area contributed by atoms with Crippen LogP contribution in [0.1, 0.15) is 30.1 Å². The number of amides is 1. The molecule has 0 unspecified atom stereocenters. The van der Waals surface area contributed by atoms with Gasteiger partial charge in [-0.25, -0.2) is 4.79 Å². The quantitative estimate of drug-likeness (QED) is 0.765. The summed E-state index contributed by atoms with van der Waals surface area (Å²) in [5.74, 6) is -0.459. The lowest BCUT2D eigenvalue weighted by molar-refractivity contribution is -0.125. The van der Waals surface area contributed by atoms with E-state index in [-0.39, 0.29) is 11.5 Å². The third kappa shape index (κ3) is 4.23. The van der Waals surface area contributed by atoms with E-state index in [1.807, 2.05) is 0 Å². The summed E-state index contributed by atoms with van der Waals surface area (Å²) in [6, 6.07) is 7.00. The summed E-state index contributed by atoms with van der Waals surface area (Å²) in [6.45, 7) is 1.25. The smallest absolute Gasteiger partial charge is 0.339 e. The lowest BCUT2D eigenvalue weighted by Gasteiger charge is -2.22. The minimum absolute atomic E-state index is 0.166. The van der Waals surface area contributed by atoms with Gasteiger partial charge >= 0.3 is 5.97 Å². The van der Waals surface area contributed by atoms with Gasteiger partial charge in [0.25, 0.3) is 5.91 Å². The molecule has 1 amide bonds. The highest BCUT2D eigenvalue weighted by Crippen LogP contribution is 2.39. The number of carbonyl (C=O) groups is 2. The highest BCUT2D eigenvalue weighted by molar-refractivity contribution is 9.10. The first kappa shape index (κ1) is 17.3. The monoisotopic (exact) mass is 380 g/mol.